The number of nitrogens with one attached hydrogen (secondary N) is 3. The number of aryl methyl sites for hydroxylation is 1. The molecule has 0 aliphatic heterocycles. The summed E-state index contributed by atoms with van der Waals surface area (Å²) in [6.07, 6.45) is 0.901. The van der Waals surface area contributed by atoms with Crippen molar-refractivity contribution in [2.45, 2.75) is 39.7 Å². The van der Waals surface area contributed by atoms with Gasteiger partial charge in [0.25, 0.3) is 0 Å². The maximum atomic E-state index is 6.10. The molecule has 3 nitrogen and oxygen atoms in total. The lowest BCUT2D eigenvalue weighted by Crippen LogP contribution is -2.46. The van der Waals surface area contributed by atoms with Gasteiger partial charge in [-0.2, -0.15) is 0 Å². The van der Waals surface area contributed by atoms with Crippen LogP contribution in [0, 0.1) is 6.92 Å². The second kappa shape index (κ2) is 6.24. The molecule has 2 aromatic rings. The minimum atomic E-state index is -0.0195. The molecule has 0 radical (unpaired) electrons. The highest BCUT2D eigenvalue weighted by Crippen LogP contribution is 2.25. The van der Waals surface area contributed by atoms with Gasteiger partial charge in [-0.25, -0.2) is 0 Å². The monoisotopic (exact) mass is 323 g/mol. The summed E-state index contributed by atoms with van der Waals surface area (Å²) in [7, 11) is 0. The number of aromatic amines is 1. The summed E-state index contributed by atoms with van der Waals surface area (Å²) in [5.41, 5.74) is 3.58. The van der Waals surface area contributed by atoms with Crippen LogP contribution < -0.4 is 10.6 Å². The number of halogens is 1. The Hall–Kier alpha value is -1.26. The van der Waals surface area contributed by atoms with Crippen LogP contribution >= 0.6 is 23.8 Å². The number of benzene rings is 1. The van der Waals surface area contributed by atoms with Crippen LogP contribution in [0.1, 0.15) is 32.0 Å². The summed E-state index contributed by atoms with van der Waals surface area (Å²) in [5, 5.41) is 9.16. The van der Waals surface area contributed by atoms with Crippen molar-refractivity contribution in [3.8, 4) is 0 Å². The van der Waals surface area contributed by atoms with Crippen LogP contribution in [0.4, 0.5) is 0 Å². The van der Waals surface area contributed by atoms with Gasteiger partial charge in [0.1, 0.15) is 0 Å². The van der Waals surface area contributed by atoms with Gasteiger partial charge in [0.05, 0.1) is 0 Å². The van der Waals surface area contributed by atoms with Crippen LogP contribution in [0.3, 0.4) is 0 Å². The van der Waals surface area contributed by atoms with E-state index >= 15 is 0 Å². The van der Waals surface area contributed by atoms with Crippen LogP contribution in [0.15, 0.2) is 18.2 Å². The Balaban J connectivity index is 2.02. The first-order chi connectivity index (χ1) is 9.76. The molecule has 0 atom stereocenters. The van der Waals surface area contributed by atoms with Crippen molar-refractivity contribution < 1.29 is 0 Å². The van der Waals surface area contributed by atoms with Crippen molar-refractivity contribution in [1.29, 1.82) is 0 Å². The number of H-pyrrole nitrogens is 1. The van der Waals surface area contributed by atoms with Gasteiger partial charge in [-0.05, 0) is 70.1 Å². The third kappa shape index (κ3) is 4.35. The molecular weight excluding hydrogens is 302 g/mol. The smallest absolute Gasteiger partial charge is 0.166 e. The van der Waals surface area contributed by atoms with Crippen molar-refractivity contribution in [1.82, 2.24) is 15.6 Å². The third-order valence-electron chi connectivity index (χ3n) is 3.23. The lowest BCUT2D eigenvalue weighted by Gasteiger charge is -2.23. The molecule has 0 aliphatic rings. The summed E-state index contributed by atoms with van der Waals surface area (Å²) in [5.74, 6) is 0. The van der Waals surface area contributed by atoms with E-state index in [2.05, 4.69) is 43.3 Å². The topological polar surface area (TPSA) is 39.9 Å². The maximum absolute atomic E-state index is 6.10. The van der Waals surface area contributed by atoms with Crippen molar-refractivity contribution in [2.24, 2.45) is 0 Å². The molecule has 5 heteroatoms. The molecule has 0 bridgehead atoms. The van der Waals surface area contributed by atoms with E-state index in [1.807, 2.05) is 18.2 Å². The van der Waals surface area contributed by atoms with Crippen molar-refractivity contribution >= 4 is 39.8 Å². The normalized spacial score (nSPS) is 11.7. The van der Waals surface area contributed by atoms with Gasteiger partial charge in [0.15, 0.2) is 5.11 Å². The Kier molecular flexibility index (Phi) is 4.79. The first-order valence-electron chi connectivity index (χ1n) is 7.09. The average molecular weight is 324 g/mol. The molecule has 1 aromatic carbocycles. The summed E-state index contributed by atoms with van der Waals surface area (Å²) in [4.78, 5) is 3.40. The quantitative estimate of drug-likeness (QED) is 0.749. The number of fused-ring (bicyclic) bond motifs is 1. The largest absolute Gasteiger partial charge is 0.362 e. The fraction of sp³-hybridized carbons (Fsp3) is 0.438. The molecule has 0 saturated carbocycles. The summed E-state index contributed by atoms with van der Waals surface area (Å²) < 4.78 is 0. The highest BCUT2D eigenvalue weighted by molar-refractivity contribution is 7.80. The molecule has 1 heterocycles. The summed E-state index contributed by atoms with van der Waals surface area (Å²) >= 11 is 11.4. The van der Waals surface area contributed by atoms with E-state index in [1.165, 1.54) is 16.6 Å². The average Bonchev–Trinajstić information content (AvgIpc) is 2.63. The van der Waals surface area contributed by atoms with Gasteiger partial charge in [0, 0.05) is 33.7 Å². The first-order valence-corrected chi connectivity index (χ1v) is 7.87. The van der Waals surface area contributed by atoms with Crippen LogP contribution in [0.25, 0.3) is 10.9 Å². The zero-order chi connectivity index (χ0) is 15.6. The predicted octanol–water partition coefficient (Wildman–Crippen LogP) is 3.93. The van der Waals surface area contributed by atoms with E-state index in [0.29, 0.717) is 5.11 Å². The molecule has 0 aliphatic carbocycles. The molecule has 0 unspecified atom stereocenters. The van der Waals surface area contributed by atoms with Crippen LogP contribution in [0.2, 0.25) is 5.02 Å². The van der Waals surface area contributed by atoms with Gasteiger partial charge in [-0.1, -0.05) is 11.6 Å². The van der Waals surface area contributed by atoms with Crippen LogP contribution in [0.5, 0.6) is 0 Å². The SMILES string of the molecule is Cc1[nH]c2ccc(Cl)cc2c1CCNC(=S)NC(C)(C)C. The fourth-order valence-electron chi connectivity index (χ4n) is 2.36. The molecule has 3 N–H and O–H groups in total. The van der Waals surface area contributed by atoms with E-state index in [4.69, 9.17) is 23.8 Å². The Labute approximate surface area is 136 Å². The Bertz CT molecular complexity index is 655. The predicted molar refractivity (Wildman–Crippen MR) is 95.2 cm³/mol. The van der Waals surface area contributed by atoms with Gasteiger partial charge in [-0.15, -0.1) is 0 Å². The van der Waals surface area contributed by atoms with Crippen molar-refractivity contribution in [3.05, 3.63) is 34.5 Å². The standard InChI is InChI=1S/C16H22ClN3S/c1-10-12(7-8-18-15(21)20-16(2,3)4)13-9-11(17)5-6-14(13)19-10/h5-6,9,19H,7-8H2,1-4H3,(H2,18,20,21). The van der Waals surface area contributed by atoms with E-state index in [0.717, 1.165) is 23.5 Å². The summed E-state index contributed by atoms with van der Waals surface area (Å²) in [6.45, 7) is 9.16. The Morgan fingerprint density at radius 2 is 2.05 bits per heavy atom. The molecule has 0 amide bonds. The second-order valence-electron chi connectivity index (χ2n) is 6.30. The molecule has 1 aromatic heterocycles. The highest BCUT2D eigenvalue weighted by atomic mass is 35.5. The van der Waals surface area contributed by atoms with E-state index < -0.39 is 0 Å². The van der Waals surface area contributed by atoms with Gasteiger partial charge in [-0.3, -0.25) is 0 Å². The van der Waals surface area contributed by atoms with Crippen molar-refractivity contribution in [2.75, 3.05) is 6.54 Å². The van der Waals surface area contributed by atoms with E-state index in [-0.39, 0.29) is 5.54 Å². The minimum absolute atomic E-state index is 0.0195. The van der Waals surface area contributed by atoms with E-state index in [9.17, 15) is 0 Å². The molecular formula is C16H22ClN3S. The van der Waals surface area contributed by atoms with Gasteiger partial charge in [0.2, 0.25) is 0 Å². The molecule has 21 heavy (non-hydrogen) atoms. The van der Waals surface area contributed by atoms with Crippen molar-refractivity contribution in [3.63, 3.8) is 0 Å². The number of hydrogen-bond acceptors (Lipinski definition) is 1. The molecule has 2 rings (SSSR count). The minimum Gasteiger partial charge on any atom is -0.362 e. The molecule has 114 valence electrons. The third-order valence-corrected chi connectivity index (χ3v) is 3.71. The van der Waals surface area contributed by atoms with Gasteiger partial charge < -0.3 is 15.6 Å². The zero-order valence-electron chi connectivity index (χ0n) is 12.9. The fourth-order valence-corrected chi connectivity index (χ4v) is 2.94. The first kappa shape index (κ1) is 16.1. The van der Waals surface area contributed by atoms with Gasteiger partial charge >= 0.3 is 0 Å². The van der Waals surface area contributed by atoms with E-state index in [1.54, 1.807) is 0 Å². The number of rotatable bonds is 3. The molecule has 0 fully saturated rings. The second-order valence-corrected chi connectivity index (χ2v) is 7.14. The van der Waals surface area contributed by atoms with Crippen LogP contribution in [-0.4, -0.2) is 22.2 Å². The maximum Gasteiger partial charge on any atom is 0.166 e. The summed E-state index contributed by atoms with van der Waals surface area (Å²) in [6, 6.07) is 5.94. The lowest BCUT2D eigenvalue weighted by atomic mass is 10.1. The lowest BCUT2D eigenvalue weighted by molar-refractivity contribution is 0.507. The molecule has 0 spiro atoms. The molecule has 0 saturated heterocycles. The van der Waals surface area contributed by atoms with Crippen LogP contribution in [-0.2, 0) is 6.42 Å². The number of hydrogen-bond donors (Lipinski definition) is 3. The number of thiocarbonyl (C=S) groups is 1. The zero-order valence-corrected chi connectivity index (χ0v) is 14.5. The Morgan fingerprint density at radius 3 is 2.71 bits per heavy atom. The Morgan fingerprint density at radius 1 is 1.33 bits per heavy atom. The number of aromatic nitrogens is 1. The highest BCUT2D eigenvalue weighted by Gasteiger charge is 2.12.